The highest BCUT2D eigenvalue weighted by atomic mass is 32.2. The molecule has 1 fully saturated rings. The van der Waals surface area contributed by atoms with E-state index in [2.05, 4.69) is 10.2 Å². The van der Waals surface area contributed by atoms with E-state index in [1.807, 2.05) is 7.05 Å². The van der Waals surface area contributed by atoms with Gasteiger partial charge >= 0.3 is 0 Å². The van der Waals surface area contributed by atoms with Crippen LogP contribution in [0.25, 0.3) is 0 Å². The number of amides is 1. The molecule has 0 bridgehead atoms. The van der Waals surface area contributed by atoms with E-state index in [0.717, 1.165) is 4.31 Å². The van der Waals surface area contributed by atoms with Crippen LogP contribution in [0.5, 0.6) is 5.75 Å². The predicted molar refractivity (Wildman–Crippen MR) is 133 cm³/mol. The molecule has 10 nitrogen and oxygen atoms in total. The zero-order valence-corrected chi connectivity index (χ0v) is 21.8. The lowest BCUT2D eigenvalue weighted by atomic mass is 10.1. The topological polar surface area (TPSA) is 116 Å². The molecular weight excluding hydrogens is 492 g/mol. The molecule has 1 heterocycles. The van der Waals surface area contributed by atoms with Crippen LogP contribution in [-0.2, 0) is 25.8 Å². The summed E-state index contributed by atoms with van der Waals surface area (Å²) in [6, 6.07) is 12.6. The average Bonchev–Trinajstić information content (AvgIpc) is 2.82. The Balaban J connectivity index is 1.45. The van der Waals surface area contributed by atoms with Crippen molar-refractivity contribution < 1.29 is 26.4 Å². The molecule has 3 rings (SSSR count). The van der Waals surface area contributed by atoms with Crippen LogP contribution in [0.2, 0.25) is 0 Å². The Morgan fingerprint density at radius 3 is 2.11 bits per heavy atom. The molecule has 12 heteroatoms. The number of sulfonamides is 2. The molecule has 1 aliphatic heterocycles. The molecule has 0 saturated carbocycles. The Morgan fingerprint density at radius 1 is 0.943 bits per heavy atom. The lowest BCUT2D eigenvalue weighted by Crippen LogP contribution is -2.47. The predicted octanol–water partition coefficient (Wildman–Crippen LogP) is 0.823. The number of carbonyl (C=O) groups is 1. The fourth-order valence-electron chi connectivity index (χ4n) is 3.47. The molecule has 0 aliphatic carbocycles. The number of rotatable bonds is 10. The van der Waals surface area contributed by atoms with Gasteiger partial charge in [-0.25, -0.2) is 21.1 Å². The first-order valence-corrected chi connectivity index (χ1v) is 14.2. The smallest absolute Gasteiger partial charge is 0.251 e. The Hall–Kier alpha value is -2.51. The SMILES string of the molecule is CN1CCN(S(=O)(=O)Cc2ccc(C(=O)NCCOc3ccc(S(=O)(=O)N(C)C)cc3)cc2)CC1. The molecule has 192 valence electrons. The van der Waals surface area contributed by atoms with Crippen LogP contribution in [0.4, 0.5) is 0 Å². The van der Waals surface area contributed by atoms with Crippen LogP contribution in [0.1, 0.15) is 15.9 Å². The van der Waals surface area contributed by atoms with Gasteiger partial charge in [0.05, 0.1) is 17.2 Å². The van der Waals surface area contributed by atoms with Crippen LogP contribution in [0.15, 0.2) is 53.4 Å². The van der Waals surface area contributed by atoms with Gasteiger partial charge in [-0.3, -0.25) is 4.79 Å². The van der Waals surface area contributed by atoms with Crippen LogP contribution >= 0.6 is 0 Å². The Bertz CT molecular complexity index is 1210. The molecular formula is C23H32N4O6S2. The normalized spacial score (nSPS) is 15.8. The molecule has 2 aromatic rings. The number of benzene rings is 2. The minimum Gasteiger partial charge on any atom is -0.492 e. The van der Waals surface area contributed by atoms with Gasteiger partial charge in [0.15, 0.2) is 0 Å². The number of nitrogens with one attached hydrogen (secondary N) is 1. The maximum Gasteiger partial charge on any atom is 0.251 e. The number of likely N-dealkylation sites (N-methyl/N-ethyl adjacent to an activating group) is 1. The fourth-order valence-corrected chi connectivity index (χ4v) is 5.89. The van der Waals surface area contributed by atoms with Gasteiger partial charge < -0.3 is 15.0 Å². The van der Waals surface area contributed by atoms with Gasteiger partial charge in [0.2, 0.25) is 20.0 Å². The third-order valence-electron chi connectivity index (χ3n) is 5.68. The van der Waals surface area contributed by atoms with Crippen molar-refractivity contribution in [3.63, 3.8) is 0 Å². The molecule has 2 aromatic carbocycles. The molecule has 0 unspecified atom stereocenters. The van der Waals surface area contributed by atoms with E-state index >= 15 is 0 Å². The summed E-state index contributed by atoms with van der Waals surface area (Å²) in [5.41, 5.74) is 1.05. The summed E-state index contributed by atoms with van der Waals surface area (Å²) in [6.45, 7) is 2.85. The molecule has 1 amide bonds. The summed E-state index contributed by atoms with van der Waals surface area (Å²) in [6.07, 6.45) is 0. The van der Waals surface area contributed by atoms with E-state index in [-0.39, 0.29) is 29.7 Å². The molecule has 1 saturated heterocycles. The molecule has 0 radical (unpaired) electrons. The van der Waals surface area contributed by atoms with Crippen molar-refractivity contribution >= 4 is 26.0 Å². The van der Waals surface area contributed by atoms with Crippen LogP contribution in [-0.4, -0.2) is 96.7 Å². The van der Waals surface area contributed by atoms with Gasteiger partial charge in [-0.1, -0.05) is 12.1 Å². The van der Waals surface area contributed by atoms with E-state index in [1.54, 1.807) is 36.4 Å². The standard InChI is InChI=1S/C23H32N4O6S2/c1-25(2)35(31,32)22-10-8-21(9-11-22)33-17-12-24-23(28)20-6-4-19(5-7-20)18-34(29,30)27-15-13-26(3)14-16-27/h4-11H,12-18H2,1-3H3,(H,24,28). The maximum absolute atomic E-state index is 12.7. The quantitative estimate of drug-likeness (QED) is 0.458. The van der Waals surface area contributed by atoms with Crippen molar-refractivity contribution in [1.82, 2.24) is 18.8 Å². The molecule has 35 heavy (non-hydrogen) atoms. The summed E-state index contributed by atoms with van der Waals surface area (Å²) < 4.78 is 57.7. The van der Waals surface area contributed by atoms with E-state index in [1.165, 1.54) is 30.5 Å². The van der Waals surface area contributed by atoms with Crippen molar-refractivity contribution in [2.45, 2.75) is 10.6 Å². The Kier molecular flexibility index (Phi) is 8.89. The van der Waals surface area contributed by atoms with Gasteiger partial charge in [0.1, 0.15) is 12.4 Å². The second-order valence-corrected chi connectivity index (χ2v) is 12.6. The van der Waals surface area contributed by atoms with Crippen LogP contribution in [0, 0.1) is 0 Å². The van der Waals surface area contributed by atoms with Crippen LogP contribution in [0.3, 0.4) is 0 Å². The highest BCUT2D eigenvalue weighted by molar-refractivity contribution is 7.89. The number of hydrogen-bond donors (Lipinski definition) is 1. The molecule has 0 atom stereocenters. The summed E-state index contributed by atoms with van der Waals surface area (Å²) in [4.78, 5) is 14.6. The third-order valence-corrected chi connectivity index (χ3v) is 9.36. The van der Waals surface area contributed by atoms with Crippen molar-refractivity contribution in [3.8, 4) is 5.75 Å². The molecule has 1 aliphatic rings. The zero-order valence-electron chi connectivity index (χ0n) is 20.2. The number of piperazine rings is 1. The van der Waals surface area contributed by atoms with E-state index < -0.39 is 20.0 Å². The van der Waals surface area contributed by atoms with Crippen molar-refractivity contribution in [2.24, 2.45) is 0 Å². The number of carbonyl (C=O) groups excluding carboxylic acids is 1. The second-order valence-electron chi connectivity index (χ2n) is 8.52. The van der Waals surface area contributed by atoms with E-state index in [0.29, 0.717) is 43.1 Å². The van der Waals surface area contributed by atoms with Gasteiger partial charge in [0, 0.05) is 45.8 Å². The van der Waals surface area contributed by atoms with Gasteiger partial charge in [-0.15, -0.1) is 0 Å². The molecule has 0 aromatic heterocycles. The maximum atomic E-state index is 12.7. The lowest BCUT2D eigenvalue weighted by molar-refractivity contribution is 0.0947. The number of hydrogen-bond acceptors (Lipinski definition) is 7. The van der Waals surface area contributed by atoms with Crippen LogP contribution < -0.4 is 10.1 Å². The van der Waals surface area contributed by atoms with E-state index in [4.69, 9.17) is 4.74 Å². The summed E-state index contributed by atoms with van der Waals surface area (Å²) in [5, 5.41) is 2.75. The second kappa shape index (κ2) is 11.5. The highest BCUT2D eigenvalue weighted by Gasteiger charge is 2.26. The first kappa shape index (κ1) is 27.1. The van der Waals surface area contributed by atoms with Crippen molar-refractivity contribution in [3.05, 3.63) is 59.7 Å². The lowest BCUT2D eigenvalue weighted by Gasteiger charge is -2.31. The molecule has 0 spiro atoms. The van der Waals surface area contributed by atoms with Crippen molar-refractivity contribution in [2.75, 3.05) is 60.5 Å². The Labute approximate surface area is 207 Å². The van der Waals surface area contributed by atoms with Crippen molar-refractivity contribution in [1.29, 1.82) is 0 Å². The molecule has 1 N–H and O–H groups in total. The number of nitrogens with zero attached hydrogens (tertiary/aromatic N) is 3. The fraction of sp³-hybridized carbons (Fsp3) is 0.435. The first-order chi connectivity index (χ1) is 16.5. The number of ether oxygens (including phenoxy) is 1. The van der Waals surface area contributed by atoms with Gasteiger partial charge in [0.25, 0.3) is 5.91 Å². The first-order valence-electron chi connectivity index (χ1n) is 11.2. The minimum atomic E-state index is -3.50. The monoisotopic (exact) mass is 524 g/mol. The average molecular weight is 525 g/mol. The Morgan fingerprint density at radius 2 is 1.54 bits per heavy atom. The third kappa shape index (κ3) is 7.24. The highest BCUT2D eigenvalue weighted by Crippen LogP contribution is 2.18. The zero-order chi connectivity index (χ0) is 25.6. The summed E-state index contributed by atoms with van der Waals surface area (Å²) in [5.74, 6) is 0.0959. The summed E-state index contributed by atoms with van der Waals surface area (Å²) in [7, 11) is -2.00. The largest absolute Gasteiger partial charge is 0.492 e. The summed E-state index contributed by atoms with van der Waals surface area (Å²) >= 11 is 0. The minimum absolute atomic E-state index is 0.0961. The van der Waals surface area contributed by atoms with Gasteiger partial charge in [-0.05, 0) is 49.0 Å². The van der Waals surface area contributed by atoms with E-state index in [9.17, 15) is 21.6 Å². The van der Waals surface area contributed by atoms with Gasteiger partial charge in [-0.2, -0.15) is 4.31 Å².